The Bertz CT molecular complexity index is 789. The molecule has 3 aromatic rings. The fourth-order valence-corrected chi connectivity index (χ4v) is 2.20. The Balaban J connectivity index is 2.03. The van der Waals surface area contributed by atoms with Gasteiger partial charge in [0.1, 0.15) is 0 Å². The first kappa shape index (κ1) is 13.1. The van der Waals surface area contributed by atoms with Crippen molar-refractivity contribution in [2.75, 3.05) is 0 Å². The van der Waals surface area contributed by atoms with Gasteiger partial charge in [0, 0.05) is 11.8 Å². The molecule has 104 valence electrons. The van der Waals surface area contributed by atoms with E-state index < -0.39 is 5.97 Å². The van der Waals surface area contributed by atoms with Crippen molar-refractivity contribution in [1.29, 1.82) is 0 Å². The lowest BCUT2D eigenvalue weighted by atomic mass is 10.1. The molecule has 0 bridgehead atoms. The van der Waals surface area contributed by atoms with E-state index in [1.807, 2.05) is 37.4 Å². The topological polar surface area (TPSA) is 55.1 Å². The van der Waals surface area contributed by atoms with Gasteiger partial charge in [-0.3, -0.25) is 0 Å². The number of hydrogen-bond acceptors (Lipinski definition) is 2. The first-order chi connectivity index (χ1) is 10.1. The summed E-state index contributed by atoms with van der Waals surface area (Å²) in [6.45, 7) is 2.04. The summed E-state index contributed by atoms with van der Waals surface area (Å²) in [7, 11) is 0. The lowest BCUT2D eigenvalue weighted by Gasteiger charge is -2.05. The van der Waals surface area contributed by atoms with Crippen LogP contribution in [0, 0.1) is 6.92 Å². The average Bonchev–Trinajstić information content (AvgIpc) is 2.97. The van der Waals surface area contributed by atoms with E-state index in [4.69, 9.17) is 0 Å². The predicted molar refractivity (Wildman–Crippen MR) is 80.7 cm³/mol. The zero-order chi connectivity index (χ0) is 14.8. The van der Waals surface area contributed by atoms with Crippen LogP contribution < -0.4 is 0 Å². The minimum Gasteiger partial charge on any atom is -0.478 e. The molecule has 21 heavy (non-hydrogen) atoms. The van der Waals surface area contributed by atoms with Gasteiger partial charge in [-0.15, -0.1) is 0 Å². The van der Waals surface area contributed by atoms with Gasteiger partial charge in [-0.1, -0.05) is 42.0 Å². The second-order valence-corrected chi connectivity index (χ2v) is 4.86. The van der Waals surface area contributed by atoms with E-state index >= 15 is 0 Å². The molecule has 0 amide bonds. The molecule has 1 aromatic heterocycles. The second kappa shape index (κ2) is 5.25. The van der Waals surface area contributed by atoms with E-state index in [0.717, 1.165) is 11.1 Å². The summed E-state index contributed by atoms with van der Waals surface area (Å²) in [4.78, 5) is 11.3. The molecule has 1 heterocycles. The zero-order valence-corrected chi connectivity index (χ0v) is 11.5. The summed E-state index contributed by atoms with van der Waals surface area (Å²) in [6, 6.07) is 15.0. The third kappa shape index (κ3) is 2.56. The van der Waals surface area contributed by atoms with Crippen molar-refractivity contribution in [2.24, 2.45) is 0 Å². The SMILES string of the molecule is Cc1ccc(-c2cnn(-c3ccccc3C(=O)O)c2)cc1. The number of carboxylic acid groups (broad SMARTS) is 1. The Morgan fingerprint density at radius 1 is 1.05 bits per heavy atom. The summed E-state index contributed by atoms with van der Waals surface area (Å²) in [5, 5.41) is 13.5. The normalized spacial score (nSPS) is 10.5. The summed E-state index contributed by atoms with van der Waals surface area (Å²) < 4.78 is 1.60. The van der Waals surface area contributed by atoms with Crippen molar-refractivity contribution in [2.45, 2.75) is 6.92 Å². The number of nitrogens with zero attached hydrogens (tertiary/aromatic N) is 2. The zero-order valence-electron chi connectivity index (χ0n) is 11.5. The predicted octanol–water partition coefficient (Wildman–Crippen LogP) is 3.55. The monoisotopic (exact) mass is 278 g/mol. The van der Waals surface area contributed by atoms with E-state index in [1.54, 1.807) is 35.1 Å². The maximum Gasteiger partial charge on any atom is 0.337 e. The van der Waals surface area contributed by atoms with Crippen LogP contribution in [0.15, 0.2) is 60.9 Å². The average molecular weight is 278 g/mol. The number of carboxylic acids is 1. The molecule has 0 aliphatic carbocycles. The lowest BCUT2D eigenvalue weighted by Crippen LogP contribution is -2.05. The van der Waals surface area contributed by atoms with Gasteiger partial charge in [0.15, 0.2) is 0 Å². The number of aromatic carboxylic acids is 1. The first-order valence-electron chi connectivity index (χ1n) is 6.59. The maximum absolute atomic E-state index is 11.3. The van der Waals surface area contributed by atoms with Crippen LogP contribution in [0.25, 0.3) is 16.8 Å². The number of hydrogen-bond donors (Lipinski definition) is 1. The molecule has 1 N–H and O–H groups in total. The summed E-state index contributed by atoms with van der Waals surface area (Å²) >= 11 is 0. The van der Waals surface area contributed by atoms with E-state index in [1.165, 1.54) is 5.56 Å². The van der Waals surface area contributed by atoms with E-state index in [0.29, 0.717) is 5.69 Å². The van der Waals surface area contributed by atoms with Crippen molar-refractivity contribution in [1.82, 2.24) is 9.78 Å². The van der Waals surface area contributed by atoms with Gasteiger partial charge in [0.2, 0.25) is 0 Å². The molecule has 4 nitrogen and oxygen atoms in total. The quantitative estimate of drug-likeness (QED) is 0.797. The highest BCUT2D eigenvalue weighted by Crippen LogP contribution is 2.22. The maximum atomic E-state index is 11.3. The highest BCUT2D eigenvalue weighted by molar-refractivity contribution is 5.91. The summed E-state index contributed by atoms with van der Waals surface area (Å²) in [6.07, 6.45) is 3.58. The molecule has 2 aromatic carbocycles. The Morgan fingerprint density at radius 3 is 2.48 bits per heavy atom. The molecule has 0 saturated carbocycles. The van der Waals surface area contributed by atoms with Crippen molar-refractivity contribution >= 4 is 5.97 Å². The Labute approximate surface area is 122 Å². The van der Waals surface area contributed by atoms with Crippen LogP contribution in [0.4, 0.5) is 0 Å². The minimum absolute atomic E-state index is 0.232. The fraction of sp³-hybridized carbons (Fsp3) is 0.0588. The molecular weight excluding hydrogens is 264 g/mol. The van der Waals surface area contributed by atoms with Gasteiger partial charge in [-0.2, -0.15) is 5.10 Å². The van der Waals surface area contributed by atoms with Crippen LogP contribution in [-0.2, 0) is 0 Å². The van der Waals surface area contributed by atoms with Crippen molar-refractivity contribution in [3.8, 4) is 16.8 Å². The van der Waals surface area contributed by atoms with Crippen LogP contribution in [0.1, 0.15) is 15.9 Å². The number of benzene rings is 2. The van der Waals surface area contributed by atoms with Gasteiger partial charge in [-0.05, 0) is 24.6 Å². The largest absolute Gasteiger partial charge is 0.478 e. The molecular formula is C17H14N2O2. The Hall–Kier alpha value is -2.88. The van der Waals surface area contributed by atoms with Crippen LogP contribution in [-0.4, -0.2) is 20.9 Å². The smallest absolute Gasteiger partial charge is 0.337 e. The van der Waals surface area contributed by atoms with Gasteiger partial charge < -0.3 is 5.11 Å². The Morgan fingerprint density at radius 2 is 1.76 bits per heavy atom. The molecule has 0 saturated heterocycles. The number of rotatable bonds is 3. The van der Waals surface area contributed by atoms with E-state index in [-0.39, 0.29) is 5.56 Å². The van der Waals surface area contributed by atoms with E-state index in [2.05, 4.69) is 5.10 Å². The molecule has 0 aliphatic heterocycles. The highest BCUT2D eigenvalue weighted by atomic mass is 16.4. The molecule has 3 rings (SSSR count). The molecule has 0 atom stereocenters. The molecule has 4 heteroatoms. The van der Waals surface area contributed by atoms with Gasteiger partial charge in [0.25, 0.3) is 0 Å². The number of para-hydroxylation sites is 1. The first-order valence-corrected chi connectivity index (χ1v) is 6.59. The van der Waals surface area contributed by atoms with Crippen LogP contribution in [0.5, 0.6) is 0 Å². The van der Waals surface area contributed by atoms with Crippen molar-refractivity contribution in [3.05, 3.63) is 72.1 Å². The van der Waals surface area contributed by atoms with Crippen LogP contribution >= 0.6 is 0 Å². The number of aromatic nitrogens is 2. The lowest BCUT2D eigenvalue weighted by molar-refractivity contribution is 0.0696. The number of aryl methyl sites for hydroxylation is 1. The molecule has 0 aliphatic rings. The standard InChI is InChI=1S/C17H14N2O2/c1-12-6-8-13(9-7-12)14-10-18-19(11-14)16-5-3-2-4-15(16)17(20)21/h2-11H,1H3,(H,20,21). The third-order valence-electron chi connectivity index (χ3n) is 3.35. The van der Waals surface area contributed by atoms with E-state index in [9.17, 15) is 9.90 Å². The summed E-state index contributed by atoms with van der Waals surface area (Å²) in [5.74, 6) is -0.960. The van der Waals surface area contributed by atoms with Crippen molar-refractivity contribution in [3.63, 3.8) is 0 Å². The molecule has 0 unspecified atom stereocenters. The van der Waals surface area contributed by atoms with Gasteiger partial charge >= 0.3 is 5.97 Å². The minimum atomic E-state index is -0.960. The van der Waals surface area contributed by atoms with Gasteiger partial charge in [0.05, 0.1) is 17.4 Å². The Kier molecular flexibility index (Phi) is 3.28. The van der Waals surface area contributed by atoms with Gasteiger partial charge in [-0.25, -0.2) is 9.48 Å². The van der Waals surface area contributed by atoms with Crippen LogP contribution in [0.3, 0.4) is 0 Å². The molecule has 0 spiro atoms. The third-order valence-corrected chi connectivity index (χ3v) is 3.35. The highest BCUT2D eigenvalue weighted by Gasteiger charge is 2.12. The molecule has 0 fully saturated rings. The fourth-order valence-electron chi connectivity index (χ4n) is 2.20. The van der Waals surface area contributed by atoms with Crippen molar-refractivity contribution < 1.29 is 9.90 Å². The van der Waals surface area contributed by atoms with Crippen LogP contribution in [0.2, 0.25) is 0 Å². The summed E-state index contributed by atoms with van der Waals surface area (Å²) in [5.41, 5.74) is 4.00. The molecule has 0 radical (unpaired) electrons. The second-order valence-electron chi connectivity index (χ2n) is 4.86. The number of carbonyl (C=O) groups is 1.